The lowest BCUT2D eigenvalue weighted by Crippen LogP contribution is -2.09. The van der Waals surface area contributed by atoms with Crippen molar-refractivity contribution in [2.45, 2.75) is 26.5 Å². The summed E-state index contributed by atoms with van der Waals surface area (Å²) in [5.74, 6) is 0.425. The Morgan fingerprint density at radius 1 is 1.10 bits per heavy atom. The summed E-state index contributed by atoms with van der Waals surface area (Å²) in [6, 6.07) is 12.4. The highest BCUT2D eigenvalue weighted by atomic mass is 19.1. The quantitative estimate of drug-likeness (QED) is 0.871. The highest BCUT2D eigenvalue weighted by Gasteiger charge is 2.10. The first kappa shape index (κ1) is 14.3. The van der Waals surface area contributed by atoms with Crippen LogP contribution < -0.4 is 15.8 Å². The zero-order chi connectivity index (χ0) is 14.5. The molecule has 2 aromatic rings. The number of para-hydroxylation sites is 2. The minimum absolute atomic E-state index is 0.0689. The molecule has 0 bridgehead atoms. The number of benzene rings is 2. The zero-order valence-corrected chi connectivity index (χ0v) is 11.7. The molecule has 4 heteroatoms. The number of rotatable bonds is 5. The number of ether oxygens (including phenoxy) is 1. The number of nitrogens with two attached hydrogens (primary N) is 1. The van der Waals surface area contributed by atoms with Gasteiger partial charge in [0.2, 0.25) is 0 Å². The molecule has 20 heavy (non-hydrogen) atoms. The summed E-state index contributed by atoms with van der Waals surface area (Å²) < 4.78 is 19.4. The van der Waals surface area contributed by atoms with Crippen LogP contribution in [0.15, 0.2) is 42.5 Å². The third-order valence-electron chi connectivity index (χ3n) is 2.84. The fourth-order valence-corrected chi connectivity index (χ4v) is 1.95. The van der Waals surface area contributed by atoms with Crippen molar-refractivity contribution in [2.24, 2.45) is 5.73 Å². The molecule has 0 aliphatic carbocycles. The SMILES string of the molecule is CC(C)Oc1ccccc1Nc1cccc(F)c1CN. The van der Waals surface area contributed by atoms with E-state index in [9.17, 15) is 4.39 Å². The van der Waals surface area contributed by atoms with E-state index >= 15 is 0 Å². The van der Waals surface area contributed by atoms with Crippen LogP contribution in [0.4, 0.5) is 15.8 Å². The van der Waals surface area contributed by atoms with Gasteiger partial charge in [0.25, 0.3) is 0 Å². The normalized spacial score (nSPS) is 10.7. The standard InChI is InChI=1S/C16H19FN2O/c1-11(2)20-16-9-4-3-7-15(16)19-14-8-5-6-13(17)12(14)10-18/h3-9,11,19H,10,18H2,1-2H3. The topological polar surface area (TPSA) is 47.3 Å². The van der Waals surface area contributed by atoms with Crippen LogP contribution in [0.2, 0.25) is 0 Å². The maximum Gasteiger partial charge on any atom is 0.143 e. The Balaban J connectivity index is 2.33. The van der Waals surface area contributed by atoms with Crippen LogP contribution >= 0.6 is 0 Å². The third-order valence-corrected chi connectivity index (χ3v) is 2.84. The molecule has 0 spiro atoms. The van der Waals surface area contributed by atoms with Crippen LogP contribution in [0.5, 0.6) is 5.75 Å². The van der Waals surface area contributed by atoms with Crippen LogP contribution in [0.3, 0.4) is 0 Å². The number of hydrogen-bond donors (Lipinski definition) is 2. The van der Waals surface area contributed by atoms with Crippen LogP contribution in [-0.4, -0.2) is 6.10 Å². The summed E-state index contributed by atoms with van der Waals surface area (Å²) in [6.45, 7) is 4.07. The van der Waals surface area contributed by atoms with Gasteiger partial charge in [-0.25, -0.2) is 4.39 Å². The van der Waals surface area contributed by atoms with Crippen LogP contribution in [0, 0.1) is 5.82 Å². The molecule has 0 radical (unpaired) electrons. The lowest BCUT2D eigenvalue weighted by molar-refractivity contribution is 0.244. The summed E-state index contributed by atoms with van der Waals surface area (Å²) in [5.41, 5.74) is 7.53. The van der Waals surface area contributed by atoms with Gasteiger partial charge in [0.1, 0.15) is 11.6 Å². The average Bonchev–Trinajstić information content (AvgIpc) is 2.41. The molecule has 0 saturated heterocycles. The smallest absolute Gasteiger partial charge is 0.143 e. The fraction of sp³-hybridized carbons (Fsp3) is 0.250. The molecule has 2 aromatic carbocycles. The van der Waals surface area contributed by atoms with Crippen molar-refractivity contribution in [1.82, 2.24) is 0 Å². The number of halogens is 1. The van der Waals surface area contributed by atoms with E-state index in [4.69, 9.17) is 10.5 Å². The molecule has 0 aliphatic rings. The second-order valence-electron chi connectivity index (χ2n) is 4.76. The molecule has 0 heterocycles. The highest BCUT2D eigenvalue weighted by molar-refractivity contribution is 5.68. The van der Waals surface area contributed by atoms with E-state index in [0.29, 0.717) is 11.3 Å². The second-order valence-corrected chi connectivity index (χ2v) is 4.76. The average molecular weight is 274 g/mol. The molecular weight excluding hydrogens is 255 g/mol. The maximum atomic E-state index is 13.7. The predicted molar refractivity (Wildman–Crippen MR) is 79.8 cm³/mol. The van der Waals surface area contributed by atoms with E-state index in [0.717, 1.165) is 11.4 Å². The maximum absolute atomic E-state index is 13.7. The van der Waals surface area contributed by atoms with Crippen molar-refractivity contribution >= 4 is 11.4 Å². The Labute approximate surface area is 118 Å². The van der Waals surface area contributed by atoms with Gasteiger partial charge in [-0.3, -0.25) is 0 Å². The summed E-state index contributed by atoms with van der Waals surface area (Å²) in [5, 5.41) is 3.19. The highest BCUT2D eigenvalue weighted by Crippen LogP contribution is 2.30. The Hall–Kier alpha value is -2.07. The van der Waals surface area contributed by atoms with Crippen molar-refractivity contribution in [3.8, 4) is 5.75 Å². The van der Waals surface area contributed by atoms with Crippen molar-refractivity contribution in [3.05, 3.63) is 53.8 Å². The monoisotopic (exact) mass is 274 g/mol. The third kappa shape index (κ3) is 3.27. The van der Waals surface area contributed by atoms with Gasteiger partial charge in [-0.1, -0.05) is 18.2 Å². The molecule has 0 saturated carbocycles. The minimum atomic E-state index is -0.306. The Morgan fingerprint density at radius 3 is 2.50 bits per heavy atom. The van der Waals surface area contributed by atoms with E-state index in [1.807, 2.05) is 38.1 Å². The zero-order valence-electron chi connectivity index (χ0n) is 11.7. The predicted octanol–water partition coefficient (Wildman–Crippen LogP) is 3.82. The van der Waals surface area contributed by atoms with Gasteiger partial charge < -0.3 is 15.8 Å². The largest absolute Gasteiger partial charge is 0.489 e. The second kappa shape index (κ2) is 6.39. The number of nitrogens with one attached hydrogen (secondary N) is 1. The minimum Gasteiger partial charge on any atom is -0.489 e. The van der Waals surface area contributed by atoms with Crippen LogP contribution in [0.1, 0.15) is 19.4 Å². The summed E-state index contributed by atoms with van der Waals surface area (Å²) >= 11 is 0. The van der Waals surface area contributed by atoms with Gasteiger partial charge in [0.05, 0.1) is 11.8 Å². The van der Waals surface area contributed by atoms with E-state index < -0.39 is 0 Å². The van der Waals surface area contributed by atoms with E-state index in [1.165, 1.54) is 6.07 Å². The first-order chi connectivity index (χ1) is 9.61. The van der Waals surface area contributed by atoms with Crippen LogP contribution in [-0.2, 0) is 6.54 Å². The summed E-state index contributed by atoms with van der Waals surface area (Å²) in [4.78, 5) is 0. The van der Waals surface area contributed by atoms with E-state index in [1.54, 1.807) is 12.1 Å². The molecule has 0 amide bonds. The van der Waals surface area contributed by atoms with Gasteiger partial charge in [-0.2, -0.15) is 0 Å². The molecule has 0 unspecified atom stereocenters. The first-order valence-electron chi connectivity index (χ1n) is 6.62. The van der Waals surface area contributed by atoms with Gasteiger partial charge >= 0.3 is 0 Å². The van der Waals surface area contributed by atoms with Gasteiger partial charge in [-0.15, -0.1) is 0 Å². The van der Waals surface area contributed by atoms with Gasteiger partial charge in [0, 0.05) is 17.8 Å². The fourth-order valence-electron chi connectivity index (χ4n) is 1.95. The van der Waals surface area contributed by atoms with Crippen LogP contribution in [0.25, 0.3) is 0 Å². The molecule has 0 fully saturated rings. The van der Waals surface area contributed by atoms with Crippen molar-refractivity contribution in [2.75, 3.05) is 5.32 Å². The first-order valence-corrected chi connectivity index (χ1v) is 6.62. The van der Waals surface area contributed by atoms with Crippen molar-refractivity contribution < 1.29 is 9.13 Å². The lowest BCUT2D eigenvalue weighted by atomic mass is 10.1. The molecular formula is C16H19FN2O. The Kier molecular flexibility index (Phi) is 4.58. The molecule has 106 valence electrons. The summed E-state index contributed by atoms with van der Waals surface area (Å²) in [7, 11) is 0. The van der Waals surface area contributed by atoms with Gasteiger partial charge in [-0.05, 0) is 38.1 Å². The molecule has 3 nitrogen and oxygen atoms in total. The number of hydrogen-bond acceptors (Lipinski definition) is 3. The molecule has 2 rings (SSSR count). The molecule has 0 aromatic heterocycles. The summed E-state index contributed by atoms with van der Waals surface area (Å²) in [6.07, 6.45) is 0.0689. The molecule has 3 N–H and O–H groups in total. The number of anilines is 2. The lowest BCUT2D eigenvalue weighted by Gasteiger charge is -2.17. The molecule has 0 aliphatic heterocycles. The van der Waals surface area contributed by atoms with Gasteiger partial charge in [0.15, 0.2) is 0 Å². The Bertz CT molecular complexity index is 584. The van der Waals surface area contributed by atoms with E-state index in [-0.39, 0.29) is 18.5 Å². The van der Waals surface area contributed by atoms with Crippen molar-refractivity contribution in [1.29, 1.82) is 0 Å². The molecule has 0 atom stereocenters. The van der Waals surface area contributed by atoms with Crippen molar-refractivity contribution in [3.63, 3.8) is 0 Å². The Morgan fingerprint density at radius 2 is 1.80 bits per heavy atom. The van der Waals surface area contributed by atoms with E-state index in [2.05, 4.69) is 5.32 Å².